The Kier molecular flexibility index (Phi) is 6.16. The zero-order chi connectivity index (χ0) is 15.1. The predicted molar refractivity (Wildman–Crippen MR) is 75.6 cm³/mol. The van der Waals surface area contributed by atoms with Gasteiger partial charge in [-0.3, -0.25) is 0 Å². The van der Waals surface area contributed by atoms with E-state index in [4.69, 9.17) is 5.26 Å². The average Bonchev–Trinajstić information content (AvgIpc) is 2.39. The van der Waals surface area contributed by atoms with Gasteiger partial charge in [-0.2, -0.15) is 5.26 Å². The van der Waals surface area contributed by atoms with E-state index in [2.05, 4.69) is 10.3 Å². The first kappa shape index (κ1) is 16.2. The monoisotopic (exact) mass is 282 g/mol. The van der Waals surface area contributed by atoms with Crippen molar-refractivity contribution >= 4 is 11.6 Å². The summed E-state index contributed by atoms with van der Waals surface area (Å²) in [5.74, 6) is -1.29. The zero-order valence-electron chi connectivity index (χ0n) is 12.1. The van der Waals surface area contributed by atoms with Crippen LogP contribution in [0.15, 0.2) is 6.07 Å². The van der Waals surface area contributed by atoms with E-state index in [9.17, 15) is 8.78 Å². The minimum absolute atomic E-state index is 0.0326. The van der Waals surface area contributed by atoms with Crippen molar-refractivity contribution in [1.29, 1.82) is 5.26 Å². The van der Waals surface area contributed by atoms with Crippen molar-refractivity contribution in [3.63, 3.8) is 0 Å². The lowest BCUT2D eigenvalue weighted by atomic mass is 10.2. The molecule has 0 saturated carbocycles. The normalized spacial score (nSPS) is 10.4. The fourth-order valence-corrected chi connectivity index (χ4v) is 1.80. The van der Waals surface area contributed by atoms with Gasteiger partial charge in [0.1, 0.15) is 0 Å². The summed E-state index contributed by atoms with van der Waals surface area (Å²) in [7, 11) is 0. The summed E-state index contributed by atoms with van der Waals surface area (Å²) in [6, 6.07) is 2.82. The Hall–Kier alpha value is -1.90. The van der Waals surface area contributed by atoms with Gasteiger partial charge in [0, 0.05) is 25.2 Å². The van der Waals surface area contributed by atoms with Crippen LogP contribution in [-0.4, -0.2) is 24.1 Å². The quantitative estimate of drug-likeness (QED) is 0.833. The third-order valence-electron chi connectivity index (χ3n) is 2.81. The van der Waals surface area contributed by atoms with Gasteiger partial charge in [-0.25, -0.2) is 13.8 Å². The van der Waals surface area contributed by atoms with E-state index in [0.717, 1.165) is 12.5 Å². The molecule has 1 heterocycles. The Labute approximate surface area is 118 Å². The summed E-state index contributed by atoms with van der Waals surface area (Å²) in [5.41, 5.74) is 0. The lowest BCUT2D eigenvalue weighted by molar-refractivity contribution is 0.560. The second-order valence-electron chi connectivity index (χ2n) is 4.75. The van der Waals surface area contributed by atoms with Gasteiger partial charge < -0.3 is 10.2 Å². The van der Waals surface area contributed by atoms with E-state index in [1.807, 2.05) is 26.8 Å². The fraction of sp³-hybridized carbons (Fsp3) is 0.571. The molecule has 0 aromatic carbocycles. The van der Waals surface area contributed by atoms with Crippen LogP contribution in [0, 0.1) is 23.0 Å². The second kappa shape index (κ2) is 7.63. The van der Waals surface area contributed by atoms with E-state index in [1.165, 1.54) is 0 Å². The molecule has 1 rings (SSSR count). The van der Waals surface area contributed by atoms with Crippen LogP contribution in [0.2, 0.25) is 0 Å². The van der Waals surface area contributed by atoms with Crippen LogP contribution in [0.5, 0.6) is 0 Å². The zero-order valence-corrected chi connectivity index (χ0v) is 12.1. The van der Waals surface area contributed by atoms with Crippen LogP contribution in [0.1, 0.15) is 33.6 Å². The molecule has 110 valence electrons. The minimum atomic E-state index is -0.712. The second-order valence-corrected chi connectivity index (χ2v) is 4.75. The molecule has 0 bridgehead atoms. The molecular formula is C14H20F2N4. The van der Waals surface area contributed by atoms with Crippen molar-refractivity contribution in [2.24, 2.45) is 0 Å². The predicted octanol–water partition coefficient (Wildman–Crippen LogP) is 3.31. The molecule has 1 N–H and O–H groups in total. The molecule has 6 heteroatoms. The smallest absolute Gasteiger partial charge is 0.168 e. The number of anilines is 2. The van der Waals surface area contributed by atoms with Crippen molar-refractivity contribution in [3.05, 3.63) is 17.7 Å². The van der Waals surface area contributed by atoms with E-state index < -0.39 is 11.6 Å². The van der Waals surface area contributed by atoms with Crippen molar-refractivity contribution in [2.75, 3.05) is 23.3 Å². The van der Waals surface area contributed by atoms with Gasteiger partial charge in [0.2, 0.25) is 0 Å². The number of nitrogens with zero attached hydrogens (tertiary/aromatic N) is 3. The van der Waals surface area contributed by atoms with Gasteiger partial charge in [0.15, 0.2) is 23.3 Å². The summed E-state index contributed by atoms with van der Waals surface area (Å²) in [5, 5.41) is 11.5. The maximum absolute atomic E-state index is 13.9. The number of halogens is 2. The Morgan fingerprint density at radius 2 is 2.10 bits per heavy atom. The average molecular weight is 282 g/mol. The molecule has 1 aromatic rings. The van der Waals surface area contributed by atoms with Crippen LogP contribution in [0.3, 0.4) is 0 Å². The highest BCUT2D eigenvalue weighted by molar-refractivity contribution is 5.50. The first-order valence-corrected chi connectivity index (χ1v) is 6.74. The molecule has 0 amide bonds. The molecule has 0 aliphatic heterocycles. The largest absolute Gasteiger partial charge is 0.368 e. The highest BCUT2D eigenvalue weighted by atomic mass is 19.1. The lowest BCUT2D eigenvalue weighted by Gasteiger charge is -2.27. The Morgan fingerprint density at radius 1 is 1.40 bits per heavy atom. The van der Waals surface area contributed by atoms with Gasteiger partial charge in [-0.15, -0.1) is 0 Å². The summed E-state index contributed by atoms with van der Waals surface area (Å²) < 4.78 is 27.6. The number of hydrogen-bond donors (Lipinski definition) is 1. The first-order chi connectivity index (χ1) is 9.51. The first-order valence-electron chi connectivity index (χ1n) is 6.74. The number of nitrogens with one attached hydrogen (secondary N) is 1. The van der Waals surface area contributed by atoms with Gasteiger partial charge in [0.05, 0.1) is 12.5 Å². The lowest BCUT2D eigenvalue weighted by Crippen LogP contribution is -2.33. The van der Waals surface area contributed by atoms with Crippen molar-refractivity contribution in [3.8, 4) is 6.07 Å². The SMILES string of the molecule is CCCNc1nc(N(CCC#N)C(C)C)c(F)cc1F. The number of rotatable bonds is 7. The third kappa shape index (κ3) is 4.05. The van der Waals surface area contributed by atoms with E-state index in [-0.39, 0.29) is 24.1 Å². The van der Waals surface area contributed by atoms with Crippen LogP contribution >= 0.6 is 0 Å². The summed E-state index contributed by atoms with van der Waals surface area (Å²) in [4.78, 5) is 5.70. The Bertz CT molecular complexity index is 483. The Morgan fingerprint density at radius 3 is 2.65 bits per heavy atom. The molecule has 0 aliphatic rings. The van der Waals surface area contributed by atoms with Gasteiger partial charge in [-0.05, 0) is 20.3 Å². The maximum Gasteiger partial charge on any atom is 0.168 e. The highest BCUT2D eigenvalue weighted by Crippen LogP contribution is 2.24. The molecule has 0 fully saturated rings. The molecule has 0 atom stereocenters. The van der Waals surface area contributed by atoms with Crippen molar-refractivity contribution < 1.29 is 8.78 Å². The van der Waals surface area contributed by atoms with Crippen molar-refractivity contribution in [1.82, 2.24) is 4.98 Å². The van der Waals surface area contributed by atoms with E-state index in [0.29, 0.717) is 13.1 Å². The van der Waals surface area contributed by atoms with Crippen LogP contribution < -0.4 is 10.2 Å². The molecule has 0 aliphatic carbocycles. The van der Waals surface area contributed by atoms with Crippen LogP contribution in [-0.2, 0) is 0 Å². The van der Waals surface area contributed by atoms with E-state index >= 15 is 0 Å². The standard InChI is InChI=1S/C14H20F2N4/c1-4-7-18-13-11(15)9-12(16)14(19-13)20(10(2)3)8-5-6-17/h9-10H,4-5,7-8H2,1-3H3,(H,18,19). The van der Waals surface area contributed by atoms with Gasteiger partial charge in [0.25, 0.3) is 0 Å². The summed E-state index contributed by atoms with van der Waals surface area (Å²) >= 11 is 0. The van der Waals surface area contributed by atoms with Gasteiger partial charge >= 0.3 is 0 Å². The molecular weight excluding hydrogens is 262 g/mol. The van der Waals surface area contributed by atoms with Crippen LogP contribution in [0.4, 0.5) is 20.4 Å². The molecule has 1 aromatic heterocycles. The maximum atomic E-state index is 13.9. The van der Waals surface area contributed by atoms with E-state index in [1.54, 1.807) is 4.90 Å². The molecule has 4 nitrogen and oxygen atoms in total. The van der Waals surface area contributed by atoms with Crippen LogP contribution in [0.25, 0.3) is 0 Å². The molecule has 20 heavy (non-hydrogen) atoms. The Balaban J connectivity index is 3.10. The fourth-order valence-electron chi connectivity index (χ4n) is 1.80. The number of aromatic nitrogens is 1. The minimum Gasteiger partial charge on any atom is -0.368 e. The topological polar surface area (TPSA) is 52.0 Å². The summed E-state index contributed by atoms with van der Waals surface area (Å²) in [6.07, 6.45) is 1.07. The molecule has 0 spiro atoms. The number of nitriles is 1. The van der Waals surface area contributed by atoms with Crippen molar-refractivity contribution in [2.45, 2.75) is 39.7 Å². The third-order valence-corrected chi connectivity index (χ3v) is 2.81. The molecule has 0 radical (unpaired) electrons. The number of pyridine rings is 1. The number of hydrogen-bond acceptors (Lipinski definition) is 4. The van der Waals surface area contributed by atoms with Gasteiger partial charge in [-0.1, -0.05) is 6.92 Å². The highest BCUT2D eigenvalue weighted by Gasteiger charge is 2.19. The molecule has 0 saturated heterocycles. The summed E-state index contributed by atoms with van der Waals surface area (Å²) in [6.45, 7) is 6.62. The molecule has 0 unspecified atom stereocenters.